The number of carbonyl (C=O) groups excluding carboxylic acids is 2. The Balaban J connectivity index is 1.67. The molecule has 9 heteroatoms. The Bertz CT molecular complexity index is 1140. The SMILES string of the molecule is Cc1ccc(C(=O)N[C@@H](c2nnc(SCC(=O)Nc3cccc(Cl)c3C)n2C)C(C)C)cc1. The van der Waals surface area contributed by atoms with Crippen molar-refractivity contribution >= 4 is 40.9 Å². The van der Waals surface area contributed by atoms with Crippen LogP contribution >= 0.6 is 23.4 Å². The van der Waals surface area contributed by atoms with Gasteiger partial charge in [0.1, 0.15) is 0 Å². The summed E-state index contributed by atoms with van der Waals surface area (Å²) in [7, 11) is 1.84. The summed E-state index contributed by atoms with van der Waals surface area (Å²) < 4.78 is 1.82. The molecule has 3 aromatic rings. The van der Waals surface area contributed by atoms with Crippen LogP contribution in [0.3, 0.4) is 0 Å². The molecule has 0 fully saturated rings. The summed E-state index contributed by atoms with van der Waals surface area (Å²) in [6.07, 6.45) is 0. The molecule has 2 N–H and O–H groups in total. The zero-order valence-electron chi connectivity index (χ0n) is 19.3. The maximum absolute atomic E-state index is 12.8. The van der Waals surface area contributed by atoms with E-state index < -0.39 is 0 Å². The van der Waals surface area contributed by atoms with Gasteiger partial charge in [0.2, 0.25) is 5.91 Å². The van der Waals surface area contributed by atoms with Gasteiger partial charge < -0.3 is 15.2 Å². The quantitative estimate of drug-likeness (QED) is 0.441. The van der Waals surface area contributed by atoms with Gasteiger partial charge in [-0.1, -0.05) is 61.0 Å². The van der Waals surface area contributed by atoms with Crippen molar-refractivity contribution in [1.29, 1.82) is 0 Å². The minimum absolute atomic E-state index is 0.0919. The number of thioether (sulfide) groups is 1. The summed E-state index contributed by atoms with van der Waals surface area (Å²) in [5.41, 5.74) is 3.19. The maximum Gasteiger partial charge on any atom is 0.251 e. The summed E-state index contributed by atoms with van der Waals surface area (Å²) in [6.45, 7) is 7.87. The lowest BCUT2D eigenvalue weighted by atomic mass is 10.0. The van der Waals surface area contributed by atoms with Crippen LogP contribution in [-0.4, -0.2) is 32.3 Å². The second-order valence-electron chi connectivity index (χ2n) is 8.21. The fraction of sp³-hybridized carbons (Fsp3) is 0.333. The Morgan fingerprint density at radius 1 is 1.09 bits per heavy atom. The summed E-state index contributed by atoms with van der Waals surface area (Å²) >= 11 is 7.41. The van der Waals surface area contributed by atoms with Gasteiger partial charge in [-0.3, -0.25) is 9.59 Å². The van der Waals surface area contributed by atoms with Gasteiger partial charge in [-0.2, -0.15) is 0 Å². The van der Waals surface area contributed by atoms with Crippen LogP contribution in [-0.2, 0) is 11.8 Å². The predicted octanol–water partition coefficient (Wildman–Crippen LogP) is 4.94. The molecule has 1 heterocycles. The number of anilines is 1. The first kappa shape index (κ1) is 24.8. The summed E-state index contributed by atoms with van der Waals surface area (Å²) in [5.74, 6) is 0.568. The van der Waals surface area contributed by atoms with Crippen molar-refractivity contribution in [2.75, 3.05) is 11.1 Å². The maximum atomic E-state index is 12.8. The average Bonchev–Trinajstić information content (AvgIpc) is 3.14. The molecule has 0 saturated heterocycles. The number of nitrogens with one attached hydrogen (secondary N) is 2. The highest BCUT2D eigenvalue weighted by Crippen LogP contribution is 2.26. The van der Waals surface area contributed by atoms with Gasteiger partial charge in [0.05, 0.1) is 11.8 Å². The van der Waals surface area contributed by atoms with Crippen LogP contribution in [0.2, 0.25) is 5.02 Å². The first-order valence-electron chi connectivity index (χ1n) is 10.6. The van der Waals surface area contributed by atoms with Crippen molar-refractivity contribution in [3.8, 4) is 0 Å². The number of rotatable bonds is 8. The average molecular weight is 486 g/mol. The standard InChI is InChI=1S/C24H28ClN5O2S/c1-14(2)21(27-23(32)17-11-9-15(3)10-12-17)22-28-29-24(30(22)5)33-13-20(31)26-19-8-6-7-18(25)16(19)4/h6-12,14,21H,13H2,1-5H3,(H,26,31)(H,27,32)/t21-/m1/s1. The Morgan fingerprint density at radius 3 is 2.45 bits per heavy atom. The smallest absolute Gasteiger partial charge is 0.251 e. The van der Waals surface area contributed by atoms with E-state index in [1.54, 1.807) is 24.3 Å². The summed E-state index contributed by atoms with van der Waals surface area (Å²) in [5, 5.41) is 15.7. The normalized spacial score (nSPS) is 12.0. The molecule has 0 saturated carbocycles. The second-order valence-corrected chi connectivity index (χ2v) is 9.56. The molecule has 3 rings (SSSR count). The van der Waals surface area contributed by atoms with Crippen molar-refractivity contribution in [3.05, 3.63) is 70.0 Å². The van der Waals surface area contributed by atoms with Gasteiger partial charge in [-0.15, -0.1) is 10.2 Å². The second kappa shape index (κ2) is 10.9. The van der Waals surface area contributed by atoms with Crippen molar-refractivity contribution in [2.45, 2.75) is 38.9 Å². The molecule has 0 aliphatic rings. The number of hydrogen-bond acceptors (Lipinski definition) is 5. The summed E-state index contributed by atoms with van der Waals surface area (Å²) in [6, 6.07) is 12.5. The van der Waals surface area contributed by atoms with E-state index in [4.69, 9.17) is 11.6 Å². The molecular formula is C24H28ClN5O2S. The number of nitrogens with zero attached hydrogens (tertiary/aromatic N) is 3. The predicted molar refractivity (Wildman–Crippen MR) is 133 cm³/mol. The lowest BCUT2D eigenvalue weighted by Crippen LogP contribution is -2.33. The van der Waals surface area contributed by atoms with E-state index in [9.17, 15) is 9.59 Å². The minimum atomic E-state index is -0.325. The Kier molecular flexibility index (Phi) is 8.15. The van der Waals surface area contributed by atoms with Crippen LogP contribution in [0.15, 0.2) is 47.6 Å². The van der Waals surface area contributed by atoms with E-state index in [1.807, 2.05) is 57.5 Å². The molecule has 7 nitrogen and oxygen atoms in total. The third kappa shape index (κ3) is 6.15. The third-order valence-electron chi connectivity index (χ3n) is 5.29. The van der Waals surface area contributed by atoms with Gasteiger partial charge in [-0.25, -0.2) is 0 Å². The fourth-order valence-electron chi connectivity index (χ4n) is 3.24. The van der Waals surface area contributed by atoms with E-state index in [-0.39, 0.29) is 29.5 Å². The molecule has 0 unspecified atom stereocenters. The highest BCUT2D eigenvalue weighted by atomic mass is 35.5. The zero-order valence-corrected chi connectivity index (χ0v) is 20.9. The monoisotopic (exact) mass is 485 g/mol. The van der Waals surface area contributed by atoms with Crippen LogP contribution in [0.5, 0.6) is 0 Å². The van der Waals surface area contributed by atoms with E-state index in [2.05, 4.69) is 20.8 Å². The van der Waals surface area contributed by atoms with Crippen LogP contribution < -0.4 is 10.6 Å². The highest BCUT2D eigenvalue weighted by Gasteiger charge is 2.25. The van der Waals surface area contributed by atoms with Gasteiger partial charge in [0, 0.05) is 23.3 Å². The lowest BCUT2D eigenvalue weighted by Gasteiger charge is -2.21. The number of hydrogen-bond donors (Lipinski definition) is 2. The molecule has 0 radical (unpaired) electrons. The number of carbonyl (C=O) groups is 2. The van der Waals surface area contributed by atoms with E-state index in [0.29, 0.717) is 27.3 Å². The van der Waals surface area contributed by atoms with Crippen LogP contribution in [0.25, 0.3) is 0 Å². The Hall–Kier alpha value is -2.84. The van der Waals surface area contributed by atoms with Crippen molar-refractivity contribution in [3.63, 3.8) is 0 Å². The molecule has 33 heavy (non-hydrogen) atoms. The minimum Gasteiger partial charge on any atom is -0.342 e. The third-order valence-corrected chi connectivity index (χ3v) is 6.72. The van der Waals surface area contributed by atoms with Crippen molar-refractivity contribution in [2.24, 2.45) is 13.0 Å². The molecule has 1 atom stereocenters. The topological polar surface area (TPSA) is 88.9 Å². The Labute approximate surface area is 203 Å². The number of aryl methyl sites for hydroxylation is 1. The zero-order chi connectivity index (χ0) is 24.1. The molecule has 0 aliphatic carbocycles. The first-order valence-corrected chi connectivity index (χ1v) is 12.0. The molecule has 174 valence electrons. The number of amides is 2. The number of aromatic nitrogens is 3. The summed E-state index contributed by atoms with van der Waals surface area (Å²) in [4.78, 5) is 25.2. The van der Waals surface area contributed by atoms with Gasteiger partial charge in [0.15, 0.2) is 11.0 Å². The van der Waals surface area contributed by atoms with Crippen LogP contribution in [0, 0.1) is 19.8 Å². The highest BCUT2D eigenvalue weighted by molar-refractivity contribution is 7.99. The molecule has 0 spiro atoms. The molecule has 0 aliphatic heterocycles. The molecule has 2 aromatic carbocycles. The fourth-order valence-corrected chi connectivity index (χ4v) is 4.13. The van der Waals surface area contributed by atoms with E-state index in [1.165, 1.54) is 11.8 Å². The Morgan fingerprint density at radius 2 is 1.79 bits per heavy atom. The van der Waals surface area contributed by atoms with Crippen LogP contribution in [0.4, 0.5) is 5.69 Å². The lowest BCUT2D eigenvalue weighted by molar-refractivity contribution is -0.113. The molecular weight excluding hydrogens is 458 g/mol. The molecule has 0 bridgehead atoms. The number of halogens is 1. The largest absolute Gasteiger partial charge is 0.342 e. The van der Waals surface area contributed by atoms with Crippen molar-refractivity contribution < 1.29 is 9.59 Å². The molecule has 2 amide bonds. The van der Waals surface area contributed by atoms with Crippen molar-refractivity contribution in [1.82, 2.24) is 20.1 Å². The van der Waals surface area contributed by atoms with Gasteiger partial charge >= 0.3 is 0 Å². The van der Waals surface area contributed by atoms with Gasteiger partial charge in [-0.05, 0) is 49.6 Å². The molecule has 1 aromatic heterocycles. The van der Waals surface area contributed by atoms with E-state index in [0.717, 1.165) is 11.1 Å². The van der Waals surface area contributed by atoms with Gasteiger partial charge in [0.25, 0.3) is 5.91 Å². The number of benzene rings is 2. The van der Waals surface area contributed by atoms with Crippen LogP contribution in [0.1, 0.15) is 47.2 Å². The van der Waals surface area contributed by atoms with E-state index >= 15 is 0 Å². The first-order chi connectivity index (χ1) is 15.7.